The minimum Gasteiger partial charge on any atom is -0.481 e. The number of carbonyl (C=O) groups is 1. The highest BCUT2D eigenvalue weighted by Gasteiger charge is 2.18. The molecule has 0 aliphatic heterocycles. The van der Waals surface area contributed by atoms with Crippen LogP contribution in [0.5, 0.6) is 0 Å². The molecule has 78 valence electrons. The summed E-state index contributed by atoms with van der Waals surface area (Å²) in [4.78, 5) is 10.9. The molecule has 0 saturated carbocycles. The largest absolute Gasteiger partial charge is 0.481 e. The fourth-order valence-electron chi connectivity index (χ4n) is 1.55. The number of nitrogens with one attached hydrogen (secondary N) is 1. The molecule has 0 fully saturated rings. The number of aliphatic carboxylic acids is 1. The number of carboxylic acids is 1. The molecule has 1 aromatic carbocycles. The van der Waals surface area contributed by atoms with Crippen LogP contribution in [0.2, 0.25) is 0 Å². The van der Waals surface area contributed by atoms with Crippen LogP contribution in [-0.4, -0.2) is 21.3 Å². The first-order valence-corrected chi connectivity index (χ1v) is 5.26. The van der Waals surface area contributed by atoms with Gasteiger partial charge in [0.15, 0.2) is 0 Å². The quantitative estimate of drug-likeness (QED) is 0.880. The van der Waals surface area contributed by atoms with Crippen LogP contribution in [0.3, 0.4) is 0 Å². The lowest BCUT2D eigenvalue weighted by atomic mass is 9.98. The Kier molecular flexibility index (Phi) is 2.48. The number of aromatic amines is 1. The Morgan fingerprint density at radius 2 is 2.33 bits per heavy atom. The molecule has 0 amide bonds. The zero-order chi connectivity index (χ0) is 11.0. The van der Waals surface area contributed by atoms with E-state index in [0.29, 0.717) is 0 Å². The number of carboxylic acid groups (broad SMARTS) is 1. The van der Waals surface area contributed by atoms with E-state index in [1.165, 1.54) is 0 Å². The van der Waals surface area contributed by atoms with Gasteiger partial charge in [0.05, 0.1) is 11.4 Å². The van der Waals surface area contributed by atoms with Crippen molar-refractivity contribution in [2.75, 3.05) is 0 Å². The zero-order valence-electron chi connectivity index (χ0n) is 7.99. The number of rotatable bonds is 2. The van der Waals surface area contributed by atoms with Crippen LogP contribution in [0.25, 0.3) is 10.9 Å². The number of hydrogen-bond donors (Lipinski definition) is 2. The third-order valence-electron chi connectivity index (χ3n) is 2.41. The van der Waals surface area contributed by atoms with Gasteiger partial charge in [-0.25, -0.2) is 0 Å². The highest BCUT2D eigenvalue weighted by Crippen LogP contribution is 2.29. The minimum atomic E-state index is -0.837. The van der Waals surface area contributed by atoms with Gasteiger partial charge < -0.3 is 5.11 Å². The number of hydrogen-bond acceptors (Lipinski definition) is 2. The van der Waals surface area contributed by atoms with Crippen molar-refractivity contribution in [2.45, 2.75) is 12.8 Å². The van der Waals surface area contributed by atoms with Gasteiger partial charge in [-0.3, -0.25) is 9.89 Å². The smallest absolute Gasteiger partial charge is 0.310 e. The molecule has 5 heteroatoms. The molecule has 2 rings (SSSR count). The second kappa shape index (κ2) is 3.66. The summed E-state index contributed by atoms with van der Waals surface area (Å²) in [6.45, 7) is 1.66. The van der Waals surface area contributed by atoms with Gasteiger partial charge in [0.25, 0.3) is 0 Å². The van der Waals surface area contributed by atoms with Gasteiger partial charge in [0.1, 0.15) is 4.60 Å². The molecular weight excluding hydrogens is 260 g/mol. The van der Waals surface area contributed by atoms with E-state index in [9.17, 15) is 4.79 Å². The van der Waals surface area contributed by atoms with Gasteiger partial charge in [-0.1, -0.05) is 12.1 Å². The summed E-state index contributed by atoms with van der Waals surface area (Å²) < 4.78 is 0.723. The van der Waals surface area contributed by atoms with Crippen molar-refractivity contribution in [3.63, 3.8) is 0 Å². The Hall–Kier alpha value is -1.36. The lowest BCUT2D eigenvalue weighted by Gasteiger charge is -2.07. The van der Waals surface area contributed by atoms with Gasteiger partial charge in [-0.2, -0.15) is 5.10 Å². The first-order valence-electron chi connectivity index (χ1n) is 4.46. The van der Waals surface area contributed by atoms with Crippen molar-refractivity contribution in [1.82, 2.24) is 10.2 Å². The van der Waals surface area contributed by atoms with Crippen LogP contribution in [0.4, 0.5) is 0 Å². The molecule has 0 aliphatic rings. The second-order valence-electron chi connectivity index (χ2n) is 3.34. The van der Waals surface area contributed by atoms with Crippen LogP contribution in [0.15, 0.2) is 22.8 Å². The number of fused-ring (bicyclic) bond motifs is 1. The molecule has 0 aliphatic carbocycles. The first-order chi connectivity index (χ1) is 7.11. The van der Waals surface area contributed by atoms with E-state index in [1.54, 1.807) is 13.0 Å². The fourth-order valence-corrected chi connectivity index (χ4v) is 2.07. The van der Waals surface area contributed by atoms with Gasteiger partial charge >= 0.3 is 5.97 Å². The number of aromatic nitrogens is 2. The Bertz CT molecular complexity index is 521. The molecule has 1 unspecified atom stereocenters. The molecule has 2 aromatic rings. The Morgan fingerprint density at radius 3 is 3.00 bits per heavy atom. The molecule has 15 heavy (non-hydrogen) atoms. The molecule has 1 atom stereocenters. The van der Waals surface area contributed by atoms with E-state index in [-0.39, 0.29) is 0 Å². The van der Waals surface area contributed by atoms with Crippen LogP contribution >= 0.6 is 15.9 Å². The van der Waals surface area contributed by atoms with Crippen molar-refractivity contribution < 1.29 is 9.90 Å². The average molecular weight is 269 g/mol. The van der Waals surface area contributed by atoms with Crippen molar-refractivity contribution >= 4 is 32.8 Å². The van der Waals surface area contributed by atoms with E-state index in [4.69, 9.17) is 5.11 Å². The lowest BCUT2D eigenvalue weighted by Crippen LogP contribution is -2.07. The van der Waals surface area contributed by atoms with Crippen LogP contribution in [0.1, 0.15) is 18.4 Å². The van der Waals surface area contributed by atoms with Gasteiger partial charge in [-0.05, 0) is 34.5 Å². The molecule has 1 aromatic heterocycles. The van der Waals surface area contributed by atoms with E-state index >= 15 is 0 Å². The normalized spacial score (nSPS) is 12.9. The predicted molar refractivity (Wildman–Crippen MR) is 59.8 cm³/mol. The summed E-state index contributed by atoms with van der Waals surface area (Å²) in [6.07, 6.45) is 0. The van der Waals surface area contributed by atoms with E-state index in [2.05, 4.69) is 26.1 Å². The maximum Gasteiger partial charge on any atom is 0.310 e. The Labute approximate surface area is 94.4 Å². The predicted octanol–water partition coefficient (Wildman–Crippen LogP) is 2.51. The van der Waals surface area contributed by atoms with Crippen molar-refractivity contribution in [2.24, 2.45) is 0 Å². The Balaban J connectivity index is 2.69. The maximum atomic E-state index is 10.9. The number of nitrogens with zero attached hydrogens (tertiary/aromatic N) is 1. The van der Waals surface area contributed by atoms with Gasteiger partial charge in [0, 0.05) is 5.39 Å². The zero-order valence-corrected chi connectivity index (χ0v) is 9.58. The van der Waals surface area contributed by atoms with Crippen LogP contribution in [0, 0.1) is 0 Å². The van der Waals surface area contributed by atoms with Gasteiger partial charge in [0.2, 0.25) is 0 Å². The average Bonchev–Trinajstić information content (AvgIpc) is 2.59. The number of H-pyrrole nitrogens is 1. The third-order valence-corrected chi connectivity index (χ3v) is 2.98. The molecule has 2 N–H and O–H groups in total. The molecule has 4 nitrogen and oxygen atoms in total. The van der Waals surface area contributed by atoms with E-state index < -0.39 is 11.9 Å². The highest BCUT2D eigenvalue weighted by molar-refractivity contribution is 9.10. The molecule has 0 bridgehead atoms. The van der Waals surface area contributed by atoms with Gasteiger partial charge in [-0.15, -0.1) is 0 Å². The third kappa shape index (κ3) is 1.63. The molecule has 1 heterocycles. The number of halogens is 1. The van der Waals surface area contributed by atoms with Crippen molar-refractivity contribution in [3.8, 4) is 0 Å². The summed E-state index contributed by atoms with van der Waals surface area (Å²) in [6, 6.07) is 5.46. The van der Waals surface area contributed by atoms with Crippen molar-refractivity contribution in [1.29, 1.82) is 0 Å². The highest BCUT2D eigenvalue weighted by atomic mass is 79.9. The SMILES string of the molecule is CC(C(=O)O)c1cccc2n[nH]c(Br)c12. The summed E-state index contributed by atoms with van der Waals surface area (Å²) in [5.74, 6) is -1.38. The topological polar surface area (TPSA) is 66.0 Å². The second-order valence-corrected chi connectivity index (χ2v) is 4.13. The van der Waals surface area contributed by atoms with E-state index in [0.717, 1.165) is 21.1 Å². The summed E-state index contributed by atoms with van der Waals surface area (Å²) in [5, 5.41) is 16.7. The van der Waals surface area contributed by atoms with Crippen LogP contribution < -0.4 is 0 Å². The van der Waals surface area contributed by atoms with E-state index in [1.807, 2.05) is 12.1 Å². The van der Waals surface area contributed by atoms with Crippen molar-refractivity contribution in [3.05, 3.63) is 28.4 Å². The maximum absolute atomic E-state index is 10.9. The minimum absolute atomic E-state index is 0.539. The fraction of sp³-hybridized carbons (Fsp3) is 0.200. The molecule has 0 spiro atoms. The molecule has 0 radical (unpaired) electrons. The molecule has 0 saturated heterocycles. The Morgan fingerprint density at radius 1 is 1.60 bits per heavy atom. The summed E-state index contributed by atoms with van der Waals surface area (Å²) >= 11 is 3.32. The summed E-state index contributed by atoms with van der Waals surface area (Å²) in [5.41, 5.74) is 1.54. The number of benzene rings is 1. The monoisotopic (exact) mass is 268 g/mol. The lowest BCUT2D eigenvalue weighted by molar-refractivity contribution is -0.138. The summed E-state index contributed by atoms with van der Waals surface area (Å²) in [7, 11) is 0. The first kappa shape index (κ1) is 10.2. The molecular formula is C10H9BrN2O2. The van der Waals surface area contributed by atoms with Crippen LogP contribution in [-0.2, 0) is 4.79 Å². The standard InChI is InChI=1S/C10H9BrN2O2/c1-5(10(14)15)6-3-2-4-7-8(6)9(11)13-12-7/h2-5H,1H3,(H,12,13)(H,14,15).